The van der Waals surface area contributed by atoms with Crippen LogP contribution in [0, 0.1) is 5.41 Å². The van der Waals surface area contributed by atoms with Crippen molar-refractivity contribution in [3.8, 4) is 0 Å². The zero-order valence-electron chi connectivity index (χ0n) is 16.7. The molecule has 0 radical (unpaired) electrons. The van der Waals surface area contributed by atoms with Gasteiger partial charge in [-0.05, 0) is 69.4 Å². The molecule has 4 heteroatoms. The number of hydrogen-bond acceptors (Lipinski definition) is 4. The molecule has 4 rings (SSSR count). The van der Waals surface area contributed by atoms with Crippen LogP contribution in [0.15, 0.2) is 36.0 Å². The molecule has 2 aliphatic heterocycles. The summed E-state index contributed by atoms with van der Waals surface area (Å²) >= 11 is 0. The van der Waals surface area contributed by atoms with Gasteiger partial charge in [0.25, 0.3) is 0 Å². The van der Waals surface area contributed by atoms with E-state index in [1.807, 2.05) is 0 Å². The van der Waals surface area contributed by atoms with Crippen molar-refractivity contribution in [3.63, 3.8) is 0 Å². The number of nitrogens with one attached hydrogen (secondary N) is 2. The summed E-state index contributed by atoms with van der Waals surface area (Å²) in [6.45, 7) is 4.08. The third-order valence-electron chi connectivity index (χ3n) is 6.73. The van der Waals surface area contributed by atoms with Gasteiger partial charge in [0.1, 0.15) is 0 Å². The molecular weight excluding hydrogens is 332 g/mol. The lowest BCUT2D eigenvalue weighted by Crippen LogP contribution is -2.42. The molecule has 146 valence electrons. The van der Waals surface area contributed by atoms with E-state index < -0.39 is 0 Å². The maximum absolute atomic E-state index is 8.37. The Hall–Kier alpha value is -1.65. The number of piperidine rings is 1. The first-order valence-corrected chi connectivity index (χ1v) is 10.7. The zero-order valence-corrected chi connectivity index (χ0v) is 16.7. The first-order valence-electron chi connectivity index (χ1n) is 10.7. The van der Waals surface area contributed by atoms with Gasteiger partial charge in [0.15, 0.2) is 0 Å². The van der Waals surface area contributed by atoms with Gasteiger partial charge < -0.3 is 15.6 Å². The molecule has 0 atom stereocenters. The van der Waals surface area contributed by atoms with Crippen LogP contribution in [0.25, 0.3) is 0 Å². The summed E-state index contributed by atoms with van der Waals surface area (Å²) < 4.78 is 0. The van der Waals surface area contributed by atoms with Crippen LogP contribution in [-0.2, 0) is 0 Å². The molecule has 1 aromatic rings. The summed E-state index contributed by atoms with van der Waals surface area (Å²) in [6, 6.07) is 9.63. The van der Waals surface area contributed by atoms with E-state index >= 15 is 0 Å². The number of likely N-dealkylation sites (tertiary alicyclic amines) is 2. The fraction of sp³-hybridized carbons (Fsp3) is 0.609. The molecular formula is C23H34N4. The first kappa shape index (κ1) is 18.7. The fourth-order valence-electron chi connectivity index (χ4n) is 4.88. The molecule has 1 aliphatic carbocycles. The summed E-state index contributed by atoms with van der Waals surface area (Å²) in [5, 5.41) is 11.8. The number of hydrogen-bond donors (Lipinski definition) is 2. The van der Waals surface area contributed by atoms with E-state index in [0.717, 1.165) is 36.0 Å². The third-order valence-corrected chi connectivity index (χ3v) is 6.73. The van der Waals surface area contributed by atoms with Crippen molar-refractivity contribution in [2.45, 2.75) is 56.9 Å². The van der Waals surface area contributed by atoms with E-state index in [0.29, 0.717) is 6.04 Å². The normalized spacial score (nSPS) is 25.4. The monoisotopic (exact) mass is 366 g/mol. The summed E-state index contributed by atoms with van der Waals surface area (Å²) in [7, 11) is 2.21. The highest BCUT2D eigenvalue weighted by Gasteiger charge is 2.30. The highest BCUT2D eigenvalue weighted by molar-refractivity contribution is 6.02. The minimum absolute atomic E-state index is 0.641. The Morgan fingerprint density at radius 1 is 0.963 bits per heavy atom. The van der Waals surface area contributed by atoms with Crippen LogP contribution in [0.4, 0.5) is 5.69 Å². The second-order valence-corrected chi connectivity index (χ2v) is 8.69. The Labute approximate surface area is 164 Å². The second kappa shape index (κ2) is 8.57. The van der Waals surface area contributed by atoms with Crippen molar-refractivity contribution in [2.75, 3.05) is 38.5 Å². The van der Waals surface area contributed by atoms with Gasteiger partial charge in [0.2, 0.25) is 0 Å². The quantitative estimate of drug-likeness (QED) is 0.827. The van der Waals surface area contributed by atoms with Crippen molar-refractivity contribution in [1.82, 2.24) is 9.80 Å². The lowest BCUT2D eigenvalue weighted by Gasteiger charge is -2.34. The second-order valence-electron chi connectivity index (χ2n) is 8.69. The van der Waals surface area contributed by atoms with Crippen LogP contribution in [0.5, 0.6) is 0 Å². The first-order chi connectivity index (χ1) is 13.2. The van der Waals surface area contributed by atoms with Crippen molar-refractivity contribution < 1.29 is 0 Å². The maximum atomic E-state index is 8.37. The molecule has 4 nitrogen and oxygen atoms in total. The molecule has 1 aromatic carbocycles. The van der Waals surface area contributed by atoms with Crippen molar-refractivity contribution in [1.29, 1.82) is 5.41 Å². The van der Waals surface area contributed by atoms with Gasteiger partial charge in [-0.15, -0.1) is 0 Å². The van der Waals surface area contributed by atoms with Gasteiger partial charge in [0, 0.05) is 36.6 Å². The average molecular weight is 367 g/mol. The molecule has 2 N–H and O–H groups in total. The molecule has 2 saturated heterocycles. The largest absolute Gasteiger partial charge is 0.361 e. The number of benzene rings is 1. The van der Waals surface area contributed by atoms with Crippen LogP contribution in [-0.4, -0.2) is 54.8 Å². The molecule has 0 aromatic heterocycles. The van der Waals surface area contributed by atoms with Gasteiger partial charge in [-0.25, -0.2) is 0 Å². The van der Waals surface area contributed by atoms with Crippen molar-refractivity contribution in [2.24, 2.45) is 0 Å². The van der Waals surface area contributed by atoms with Gasteiger partial charge >= 0.3 is 0 Å². The summed E-state index contributed by atoms with van der Waals surface area (Å²) in [5.41, 5.74) is 4.55. The van der Waals surface area contributed by atoms with Crippen LogP contribution < -0.4 is 5.32 Å². The number of rotatable bonds is 4. The Bertz CT molecular complexity index is 664. The van der Waals surface area contributed by atoms with Crippen molar-refractivity contribution >= 4 is 11.4 Å². The smallest absolute Gasteiger partial charge is 0.0514 e. The Kier molecular flexibility index (Phi) is 5.94. The molecule has 2 heterocycles. The van der Waals surface area contributed by atoms with Gasteiger partial charge in [0.05, 0.1) is 5.71 Å². The molecule has 0 bridgehead atoms. The predicted octanol–water partition coefficient (Wildman–Crippen LogP) is 4.46. The minimum Gasteiger partial charge on any atom is -0.361 e. The van der Waals surface area contributed by atoms with Crippen LogP contribution in [0.3, 0.4) is 0 Å². The molecule has 0 spiro atoms. The molecule has 0 unspecified atom stereocenters. The molecule has 27 heavy (non-hydrogen) atoms. The lowest BCUT2D eigenvalue weighted by molar-refractivity contribution is 0.151. The highest BCUT2D eigenvalue weighted by atomic mass is 15.2. The van der Waals surface area contributed by atoms with Crippen molar-refractivity contribution in [3.05, 3.63) is 41.6 Å². The minimum atomic E-state index is 0.641. The molecule has 1 saturated carbocycles. The Morgan fingerprint density at radius 3 is 2.37 bits per heavy atom. The summed E-state index contributed by atoms with van der Waals surface area (Å²) in [5.74, 6) is 0.761. The Morgan fingerprint density at radius 2 is 1.67 bits per heavy atom. The van der Waals surface area contributed by atoms with Crippen LogP contribution >= 0.6 is 0 Å². The fourth-order valence-corrected chi connectivity index (χ4v) is 4.88. The lowest BCUT2D eigenvalue weighted by atomic mass is 9.84. The average Bonchev–Trinajstić information content (AvgIpc) is 3.08. The van der Waals surface area contributed by atoms with Gasteiger partial charge in [-0.1, -0.05) is 31.4 Å². The standard InChI is InChI=1S/C23H34N4/c1-26-13-11-22(12-14-26)27-16-20(23(24)17-27)15-25-21-9-7-19(8-10-21)18-5-3-2-4-6-18/h7-10,15,18,22,24-25H,2-6,11-14,16-17H2,1H3/b20-15+,24-23?. The van der Waals surface area contributed by atoms with Gasteiger partial charge in [-0.2, -0.15) is 0 Å². The highest BCUT2D eigenvalue weighted by Crippen LogP contribution is 2.33. The van der Waals surface area contributed by atoms with E-state index in [1.54, 1.807) is 0 Å². The maximum Gasteiger partial charge on any atom is 0.0514 e. The topological polar surface area (TPSA) is 42.4 Å². The van der Waals surface area contributed by atoms with E-state index in [2.05, 4.69) is 52.6 Å². The van der Waals surface area contributed by atoms with Gasteiger partial charge in [-0.3, -0.25) is 4.90 Å². The predicted molar refractivity (Wildman–Crippen MR) is 114 cm³/mol. The molecule has 3 aliphatic rings. The van der Waals surface area contributed by atoms with Crippen LogP contribution in [0.2, 0.25) is 0 Å². The van der Waals surface area contributed by atoms with E-state index in [9.17, 15) is 0 Å². The van der Waals surface area contributed by atoms with E-state index in [1.165, 1.54) is 63.6 Å². The third kappa shape index (κ3) is 4.61. The molecule has 0 amide bonds. The molecule has 3 fully saturated rings. The number of anilines is 1. The summed E-state index contributed by atoms with van der Waals surface area (Å²) in [6.07, 6.45) is 11.4. The Balaban J connectivity index is 1.33. The SMILES string of the molecule is CN1CCC(N2CC(=N)/C(=C/Nc3ccc(C4CCCCC4)cc3)C2)CC1. The number of nitrogens with zero attached hydrogens (tertiary/aromatic N) is 2. The van der Waals surface area contributed by atoms with Crippen LogP contribution in [0.1, 0.15) is 56.4 Å². The van der Waals surface area contributed by atoms with E-state index in [-0.39, 0.29) is 0 Å². The summed E-state index contributed by atoms with van der Waals surface area (Å²) in [4.78, 5) is 4.90. The van der Waals surface area contributed by atoms with E-state index in [4.69, 9.17) is 5.41 Å². The zero-order chi connectivity index (χ0) is 18.6.